The molecule has 0 aliphatic carbocycles. The number of nitrogens with zero attached hydrogens (tertiary/aromatic N) is 2. The first-order chi connectivity index (χ1) is 8.58. The number of aromatic nitrogens is 1. The lowest BCUT2D eigenvalue weighted by Crippen LogP contribution is -2.47. The summed E-state index contributed by atoms with van der Waals surface area (Å²) >= 11 is 0. The van der Waals surface area contributed by atoms with Gasteiger partial charge in [-0.1, -0.05) is 6.07 Å². The molecule has 0 radical (unpaired) electrons. The van der Waals surface area contributed by atoms with Crippen LogP contribution in [0.1, 0.15) is 25.3 Å². The first kappa shape index (κ1) is 12.8. The Morgan fingerprint density at radius 2 is 2.44 bits per heavy atom. The second-order valence-corrected chi connectivity index (χ2v) is 4.78. The smallest absolute Gasteiger partial charge is 0.323 e. The Balaban J connectivity index is 2.21. The summed E-state index contributed by atoms with van der Waals surface area (Å²) in [5, 5.41) is 9.36. The van der Waals surface area contributed by atoms with E-state index in [-0.39, 0.29) is 0 Å². The van der Waals surface area contributed by atoms with E-state index in [1.807, 2.05) is 17.0 Å². The Bertz CT molecular complexity index is 450. The van der Waals surface area contributed by atoms with E-state index in [1.54, 1.807) is 20.2 Å². The van der Waals surface area contributed by atoms with Crippen LogP contribution in [0.5, 0.6) is 5.88 Å². The van der Waals surface area contributed by atoms with E-state index >= 15 is 0 Å². The van der Waals surface area contributed by atoms with Crippen LogP contribution in [0.3, 0.4) is 0 Å². The van der Waals surface area contributed by atoms with Crippen LogP contribution < -0.4 is 4.74 Å². The van der Waals surface area contributed by atoms with Crippen LogP contribution in [0.4, 0.5) is 0 Å². The van der Waals surface area contributed by atoms with Gasteiger partial charge in [0.25, 0.3) is 0 Å². The number of ether oxygens (including phenoxy) is 1. The van der Waals surface area contributed by atoms with Crippen molar-refractivity contribution in [3.05, 3.63) is 23.9 Å². The molecule has 1 aliphatic heterocycles. The van der Waals surface area contributed by atoms with Gasteiger partial charge >= 0.3 is 5.97 Å². The molecule has 1 saturated heterocycles. The summed E-state index contributed by atoms with van der Waals surface area (Å²) in [7, 11) is 1.58. The lowest BCUT2D eigenvalue weighted by molar-refractivity contribution is -0.148. The third-order valence-corrected chi connectivity index (χ3v) is 3.65. The fourth-order valence-electron chi connectivity index (χ4n) is 2.45. The summed E-state index contributed by atoms with van der Waals surface area (Å²) < 4.78 is 5.20. The second-order valence-electron chi connectivity index (χ2n) is 4.78. The summed E-state index contributed by atoms with van der Waals surface area (Å²) in [6.45, 7) is 3.13. The zero-order chi connectivity index (χ0) is 13.2. The maximum absolute atomic E-state index is 11.4. The monoisotopic (exact) mass is 250 g/mol. The standard InChI is InChI=1S/C13H18N2O3/c1-13(12(16)17)6-4-8-15(13)9-10-5-3-7-14-11(10)18-2/h3,5,7H,4,6,8-9H2,1-2H3,(H,16,17). The SMILES string of the molecule is COc1ncccc1CN1CCCC1(C)C(=O)O. The van der Waals surface area contributed by atoms with E-state index in [2.05, 4.69) is 4.98 Å². The molecule has 0 aromatic carbocycles. The molecule has 0 spiro atoms. The van der Waals surface area contributed by atoms with Gasteiger partial charge in [0.15, 0.2) is 0 Å². The van der Waals surface area contributed by atoms with Crippen LogP contribution in [0, 0.1) is 0 Å². The fraction of sp³-hybridized carbons (Fsp3) is 0.538. The Morgan fingerprint density at radius 1 is 1.67 bits per heavy atom. The number of carboxylic acid groups (broad SMARTS) is 1. The van der Waals surface area contributed by atoms with Crippen molar-refractivity contribution < 1.29 is 14.6 Å². The van der Waals surface area contributed by atoms with Gasteiger partial charge in [-0.2, -0.15) is 0 Å². The van der Waals surface area contributed by atoms with Crippen molar-refractivity contribution in [3.8, 4) is 5.88 Å². The normalized spacial score (nSPS) is 24.1. The third kappa shape index (κ3) is 2.18. The van der Waals surface area contributed by atoms with E-state index in [0.29, 0.717) is 18.8 Å². The van der Waals surface area contributed by atoms with E-state index < -0.39 is 11.5 Å². The number of pyridine rings is 1. The molecule has 1 aliphatic rings. The minimum Gasteiger partial charge on any atom is -0.481 e. The lowest BCUT2D eigenvalue weighted by atomic mass is 9.99. The molecule has 5 nitrogen and oxygen atoms in total. The summed E-state index contributed by atoms with van der Waals surface area (Å²) in [4.78, 5) is 17.5. The second kappa shape index (κ2) is 4.94. The molecule has 1 unspecified atom stereocenters. The number of methoxy groups -OCH3 is 1. The molecular formula is C13H18N2O3. The van der Waals surface area contributed by atoms with Gasteiger partial charge < -0.3 is 9.84 Å². The van der Waals surface area contributed by atoms with Crippen molar-refractivity contribution in [2.75, 3.05) is 13.7 Å². The minimum atomic E-state index is -0.777. The van der Waals surface area contributed by atoms with Crippen molar-refractivity contribution in [2.24, 2.45) is 0 Å². The lowest BCUT2D eigenvalue weighted by Gasteiger charge is -2.31. The molecule has 98 valence electrons. The Morgan fingerprint density at radius 3 is 3.11 bits per heavy atom. The van der Waals surface area contributed by atoms with E-state index in [0.717, 1.165) is 18.5 Å². The number of likely N-dealkylation sites (tertiary alicyclic amines) is 1. The van der Waals surface area contributed by atoms with Crippen molar-refractivity contribution >= 4 is 5.97 Å². The first-order valence-corrected chi connectivity index (χ1v) is 6.04. The highest BCUT2D eigenvalue weighted by Gasteiger charge is 2.43. The van der Waals surface area contributed by atoms with Crippen molar-refractivity contribution in [3.63, 3.8) is 0 Å². The molecule has 0 amide bonds. The van der Waals surface area contributed by atoms with Gasteiger partial charge in [-0.3, -0.25) is 9.69 Å². The molecule has 5 heteroatoms. The third-order valence-electron chi connectivity index (χ3n) is 3.65. The number of rotatable bonds is 4. The largest absolute Gasteiger partial charge is 0.481 e. The predicted molar refractivity (Wildman–Crippen MR) is 66.5 cm³/mol. The van der Waals surface area contributed by atoms with E-state index in [1.165, 1.54) is 0 Å². The maximum atomic E-state index is 11.4. The molecular weight excluding hydrogens is 232 g/mol. The Hall–Kier alpha value is -1.62. The molecule has 1 aromatic rings. The molecule has 18 heavy (non-hydrogen) atoms. The van der Waals surface area contributed by atoms with E-state index in [9.17, 15) is 9.90 Å². The van der Waals surface area contributed by atoms with Gasteiger partial charge in [0, 0.05) is 18.3 Å². The molecule has 1 aromatic heterocycles. The Labute approximate surface area is 106 Å². The molecule has 0 bridgehead atoms. The highest BCUT2D eigenvalue weighted by atomic mass is 16.5. The van der Waals surface area contributed by atoms with Crippen molar-refractivity contribution in [1.82, 2.24) is 9.88 Å². The molecule has 1 atom stereocenters. The topological polar surface area (TPSA) is 62.7 Å². The summed E-state index contributed by atoms with van der Waals surface area (Å²) in [6, 6.07) is 3.76. The maximum Gasteiger partial charge on any atom is 0.323 e. The predicted octanol–water partition coefficient (Wildman–Crippen LogP) is 1.53. The minimum absolute atomic E-state index is 0.555. The Kier molecular flexibility index (Phi) is 3.52. The van der Waals surface area contributed by atoms with Crippen LogP contribution in [0.2, 0.25) is 0 Å². The van der Waals surface area contributed by atoms with Gasteiger partial charge in [-0.05, 0) is 32.4 Å². The van der Waals surface area contributed by atoms with Crippen molar-refractivity contribution in [1.29, 1.82) is 0 Å². The molecule has 1 N–H and O–H groups in total. The molecule has 0 saturated carbocycles. The van der Waals surface area contributed by atoms with Gasteiger partial charge in [0.05, 0.1) is 7.11 Å². The number of hydrogen-bond acceptors (Lipinski definition) is 4. The number of carbonyl (C=O) groups is 1. The van der Waals surface area contributed by atoms with Crippen LogP contribution >= 0.6 is 0 Å². The molecule has 1 fully saturated rings. The first-order valence-electron chi connectivity index (χ1n) is 6.04. The van der Waals surface area contributed by atoms with Crippen LogP contribution in [0.25, 0.3) is 0 Å². The van der Waals surface area contributed by atoms with Crippen LogP contribution in [-0.4, -0.2) is 40.2 Å². The summed E-state index contributed by atoms with van der Waals surface area (Å²) in [5.41, 5.74) is 0.148. The van der Waals surface area contributed by atoms with Gasteiger partial charge in [-0.25, -0.2) is 4.98 Å². The van der Waals surface area contributed by atoms with Crippen LogP contribution in [0.15, 0.2) is 18.3 Å². The summed E-state index contributed by atoms with van der Waals surface area (Å²) in [6.07, 6.45) is 3.26. The van der Waals surface area contributed by atoms with Gasteiger partial charge in [-0.15, -0.1) is 0 Å². The van der Waals surface area contributed by atoms with Gasteiger partial charge in [0.2, 0.25) is 5.88 Å². The average molecular weight is 250 g/mol. The van der Waals surface area contributed by atoms with Crippen LogP contribution in [-0.2, 0) is 11.3 Å². The highest BCUT2D eigenvalue weighted by Crippen LogP contribution is 2.31. The number of carboxylic acids is 1. The zero-order valence-electron chi connectivity index (χ0n) is 10.7. The van der Waals surface area contributed by atoms with Crippen molar-refractivity contribution in [2.45, 2.75) is 31.8 Å². The van der Waals surface area contributed by atoms with Gasteiger partial charge in [0.1, 0.15) is 5.54 Å². The fourth-order valence-corrected chi connectivity index (χ4v) is 2.45. The molecule has 2 heterocycles. The number of aliphatic carboxylic acids is 1. The average Bonchev–Trinajstić information content (AvgIpc) is 2.73. The molecule has 2 rings (SSSR count). The number of hydrogen-bond donors (Lipinski definition) is 1. The quantitative estimate of drug-likeness (QED) is 0.878. The highest BCUT2D eigenvalue weighted by molar-refractivity contribution is 5.78. The zero-order valence-corrected chi connectivity index (χ0v) is 10.7. The summed E-state index contributed by atoms with van der Waals surface area (Å²) in [5.74, 6) is -0.194. The van der Waals surface area contributed by atoms with E-state index in [4.69, 9.17) is 4.74 Å².